The van der Waals surface area contributed by atoms with E-state index in [1.54, 1.807) is 0 Å². The highest BCUT2D eigenvalue weighted by Crippen LogP contribution is 2.09. The second-order valence-electron chi connectivity index (χ2n) is 2.53. The summed E-state index contributed by atoms with van der Waals surface area (Å²) in [5.41, 5.74) is 1.35. The van der Waals surface area contributed by atoms with Crippen LogP contribution in [0.2, 0.25) is 0 Å². The van der Waals surface area contributed by atoms with E-state index in [0.717, 1.165) is 12.2 Å². The van der Waals surface area contributed by atoms with Gasteiger partial charge in [0.2, 0.25) is 0 Å². The molecule has 2 nitrogen and oxygen atoms in total. The Kier molecular flexibility index (Phi) is 3.66. The third-order valence-electron chi connectivity index (χ3n) is 1.67. The summed E-state index contributed by atoms with van der Waals surface area (Å²) in [7, 11) is 1.94. The number of thioether (sulfide) groups is 1. The molecule has 62 valence electrons. The standard InChI is InChI=1S/C8H14N2S/c1-9-8-4-3-7(5-10-8)6-11-2/h3,5,8-9H,4,6H2,1-2H3. The molecule has 0 amide bonds. The third-order valence-corrected chi connectivity index (χ3v) is 2.29. The maximum Gasteiger partial charge on any atom is 0.103 e. The van der Waals surface area contributed by atoms with Crippen molar-refractivity contribution >= 4 is 18.0 Å². The minimum absolute atomic E-state index is 0.306. The van der Waals surface area contributed by atoms with Crippen molar-refractivity contribution in [3.8, 4) is 0 Å². The normalized spacial score (nSPS) is 23.5. The highest BCUT2D eigenvalue weighted by Gasteiger charge is 2.05. The van der Waals surface area contributed by atoms with Crippen LogP contribution in [-0.4, -0.2) is 31.4 Å². The van der Waals surface area contributed by atoms with E-state index in [1.165, 1.54) is 5.57 Å². The molecule has 1 rings (SSSR count). The maximum atomic E-state index is 4.33. The predicted molar refractivity (Wildman–Crippen MR) is 52.4 cm³/mol. The zero-order valence-corrected chi connectivity index (χ0v) is 7.82. The van der Waals surface area contributed by atoms with Gasteiger partial charge in [-0.15, -0.1) is 0 Å². The molecule has 1 unspecified atom stereocenters. The number of rotatable bonds is 3. The van der Waals surface area contributed by atoms with E-state index in [0.29, 0.717) is 6.17 Å². The molecule has 0 bridgehead atoms. The fourth-order valence-electron chi connectivity index (χ4n) is 1.02. The van der Waals surface area contributed by atoms with Crippen LogP contribution >= 0.6 is 11.8 Å². The zero-order chi connectivity index (χ0) is 8.10. The summed E-state index contributed by atoms with van der Waals surface area (Å²) in [5.74, 6) is 1.08. The number of dihydropyridines is 1. The summed E-state index contributed by atoms with van der Waals surface area (Å²) in [5, 5.41) is 3.12. The molecule has 0 saturated carbocycles. The van der Waals surface area contributed by atoms with Gasteiger partial charge in [0.05, 0.1) is 0 Å². The van der Waals surface area contributed by atoms with Crippen molar-refractivity contribution < 1.29 is 0 Å². The molecule has 1 heterocycles. The summed E-state index contributed by atoms with van der Waals surface area (Å²) in [4.78, 5) is 4.33. The topological polar surface area (TPSA) is 24.4 Å². The van der Waals surface area contributed by atoms with E-state index in [2.05, 4.69) is 22.6 Å². The van der Waals surface area contributed by atoms with Crippen molar-refractivity contribution in [1.82, 2.24) is 5.32 Å². The molecule has 0 aromatic rings. The SMILES string of the molecule is CNC1CC=C(CSC)C=N1. The molecule has 11 heavy (non-hydrogen) atoms. The zero-order valence-electron chi connectivity index (χ0n) is 7.00. The molecular weight excluding hydrogens is 156 g/mol. The van der Waals surface area contributed by atoms with Crippen LogP contribution in [0.5, 0.6) is 0 Å². The van der Waals surface area contributed by atoms with Crippen LogP contribution in [-0.2, 0) is 0 Å². The van der Waals surface area contributed by atoms with E-state index in [1.807, 2.05) is 25.0 Å². The van der Waals surface area contributed by atoms with Gasteiger partial charge in [0, 0.05) is 18.4 Å². The van der Waals surface area contributed by atoms with Crippen LogP contribution in [0.3, 0.4) is 0 Å². The molecular formula is C8H14N2S. The molecule has 0 saturated heterocycles. The summed E-state index contributed by atoms with van der Waals surface area (Å²) in [6.07, 6.45) is 7.67. The van der Waals surface area contributed by atoms with Crippen molar-refractivity contribution in [2.24, 2.45) is 4.99 Å². The Morgan fingerprint density at radius 2 is 2.64 bits per heavy atom. The number of hydrogen-bond acceptors (Lipinski definition) is 3. The van der Waals surface area contributed by atoms with E-state index < -0.39 is 0 Å². The summed E-state index contributed by atoms with van der Waals surface area (Å²) < 4.78 is 0. The van der Waals surface area contributed by atoms with Crippen LogP contribution in [0.4, 0.5) is 0 Å². The number of nitrogens with one attached hydrogen (secondary N) is 1. The van der Waals surface area contributed by atoms with Crippen LogP contribution in [0.15, 0.2) is 16.6 Å². The van der Waals surface area contributed by atoms with Crippen LogP contribution in [0.25, 0.3) is 0 Å². The lowest BCUT2D eigenvalue weighted by molar-refractivity contribution is 0.592. The van der Waals surface area contributed by atoms with Gasteiger partial charge in [0.25, 0.3) is 0 Å². The minimum atomic E-state index is 0.306. The van der Waals surface area contributed by atoms with Gasteiger partial charge >= 0.3 is 0 Å². The van der Waals surface area contributed by atoms with Crippen molar-refractivity contribution in [3.63, 3.8) is 0 Å². The molecule has 0 fully saturated rings. The molecule has 1 atom stereocenters. The fraction of sp³-hybridized carbons (Fsp3) is 0.625. The van der Waals surface area contributed by atoms with Crippen molar-refractivity contribution in [1.29, 1.82) is 0 Å². The molecule has 0 spiro atoms. The first-order valence-electron chi connectivity index (χ1n) is 3.75. The average Bonchev–Trinajstić information content (AvgIpc) is 2.07. The van der Waals surface area contributed by atoms with Gasteiger partial charge in [-0.05, 0) is 18.9 Å². The first-order chi connectivity index (χ1) is 5.36. The Bertz CT molecular complexity index is 175. The van der Waals surface area contributed by atoms with E-state index >= 15 is 0 Å². The Hall–Kier alpha value is -0.280. The molecule has 0 aromatic heterocycles. The molecule has 3 heteroatoms. The van der Waals surface area contributed by atoms with Gasteiger partial charge < -0.3 is 0 Å². The van der Waals surface area contributed by atoms with E-state index in [-0.39, 0.29) is 0 Å². The quantitative estimate of drug-likeness (QED) is 0.690. The fourth-order valence-corrected chi connectivity index (χ4v) is 1.54. The largest absolute Gasteiger partial charge is 0.299 e. The molecule has 0 radical (unpaired) electrons. The van der Waals surface area contributed by atoms with Crippen LogP contribution in [0.1, 0.15) is 6.42 Å². The van der Waals surface area contributed by atoms with E-state index in [9.17, 15) is 0 Å². The monoisotopic (exact) mass is 170 g/mol. The molecule has 0 aromatic carbocycles. The first kappa shape index (κ1) is 8.81. The predicted octanol–water partition coefficient (Wildman–Crippen LogP) is 1.30. The highest BCUT2D eigenvalue weighted by molar-refractivity contribution is 7.98. The van der Waals surface area contributed by atoms with Crippen molar-refractivity contribution in [2.45, 2.75) is 12.6 Å². The highest BCUT2D eigenvalue weighted by atomic mass is 32.2. The number of nitrogens with zero attached hydrogens (tertiary/aromatic N) is 1. The maximum absolute atomic E-state index is 4.33. The van der Waals surface area contributed by atoms with E-state index in [4.69, 9.17) is 0 Å². The van der Waals surface area contributed by atoms with Crippen LogP contribution < -0.4 is 5.32 Å². The van der Waals surface area contributed by atoms with Crippen LogP contribution in [0, 0.1) is 0 Å². The van der Waals surface area contributed by atoms with Gasteiger partial charge in [-0.2, -0.15) is 11.8 Å². The molecule has 0 aliphatic carbocycles. The Labute approximate surface area is 72.2 Å². The number of hydrogen-bond donors (Lipinski definition) is 1. The lowest BCUT2D eigenvalue weighted by Crippen LogP contribution is -2.24. The second-order valence-corrected chi connectivity index (χ2v) is 3.40. The minimum Gasteiger partial charge on any atom is -0.299 e. The lowest BCUT2D eigenvalue weighted by Gasteiger charge is -2.13. The average molecular weight is 170 g/mol. The van der Waals surface area contributed by atoms with Gasteiger partial charge in [-0.1, -0.05) is 6.08 Å². The lowest BCUT2D eigenvalue weighted by atomic mass is 10.2. The molecule has 1 N–H and O–H groups in total. The summed E-state index contributed by atoms with van der Waals surface area (Å²) >= 11 is 1.84. The Morgan fingerprint density at radius 3 is 3.09 bits per heavy atom. The van der Waals surface area contributed by atoms with Gasteiger partial charge in [-0.3, -0.25) is 10.3 Å². The summed E-state index contributed by atoms with van der Waals surface area (Å²) in [6, 6.07) is 0. The molecule has 1 aliphatic heterocycles. The Morgan fingerprint density at radius 1 is 1.82 bits per heavy atom. The van der Waals surface area contributed by atoms with Gasteiger partial charge in [0.1, 0.15) is 6.17 Å². The van der Waals surface area contributed by atoms with Gasteiger partial charge in [0.15, 0.2) is 0 Å². The molecule has 1 aliphatic rings. The number of aliphatic imine (C=N–C) groups is 1. The smallest absolute Gasteiger partial charge is 0.103 e. The van der Waals surface area contributed by atoms with Crippen molar-refractivity contribution in [2.75, 3.05) is 19.1 Å². The van der Waals surface area contributed by atoms with Crippen molar-refractivity contribution in [3.05, 3.63) is 11.6 Å². The Balaban J connectivity index is 2.39. The summed E-state index contributed by atoms with van der Waals surface area (Å²) in [6.45, 7) is 0. The second kappa shape index (κ2) is 4.57. The van der Waals surface area contributed by atoms with Gasteiger partial charge in [-0.25, -0.2) is 0 Å². The first-order valence-corrected chi connectivity index (χ1v) is 5.14. The third kappa shape index (κ3) is 2.67.